The van der Waals surface area contributed by atoms with E-state index in [1.165, 1.54) is 0 Å². The molecule has 0 atom stereocenters. The predicted molar refractivity (Wildman–Crippen MR) is 59.3 cm³/mol. The number of hydrogen-bond donors (Lipinski definition) is 2. The number of aromatic nitrogens is 2. The minimum absolute atomic E-state index is 0.0869. The number of imidazole rings is 1. The molecule has 0 aliphatic carbocycles. The lowest BCUT2D eigenvalue weighted by Crippen LogP contribution is -2.10. The molecule has 2 aromatic rings. The fourth-order valence-corrected chi connectivity index (χ4v) is 1.45. The molecule has 0 saturated heterocycles. The SMILES string of the molecule is Cc1nccn1-c1ccc(C(=N)N)cc1. The minimum Gasteiger partial charge on any atom is -0.384 e. The third-order valence-electron chi connectivity index (χ3n) is 2.28. The van der Waals surface area contributed by atoms with Gasteiger partial charge in [-0.2, -0.15) is 0 Å². The number of nitrogens with one attached hydrogen (secondary N) is 1. The first-order chi connectivity index (χ1) is 7.18. The van der Waals surface area contributed by atoms with Crippen molar-refractivity contribution >= 4 is 5.84 Å². The largest absolute Gasteiger partial charge is 0.384 e. The van der Waals surface area contributed by atoms with Gasteiger partial charge in [-0.1, -0.05) is 0 Å². The van der Waals surface area contributed by atoms with Crippen molar-refractivity contribution in [2.45, 2.75) is 6.92 Å². The predicted octanol–water partition coefficient (Wildman–Crippen LogP) is 1.46. The first kappa shape index (κ1) is 9.45. The monoisotopic (exact) mass is 200 g/mol. The molecule has 76 valence electrons. The average molecular weight is 200 g/mol. The number of amidine groups is 1. The molecule has 2 rings (SSSR count). The molecule has 0 spiro atoms. The van der Waals surface area contributed by atoms with Crippen LogP contribution in [0.15, 0.2) is 36.7 Å². The highest BCUT2D eigenvalue weighted by Gasteiger charge is 2.00. The molecule has 0 unspecified atom stereocenters. The Labute approximate surface area is 87.9 Å². The number of rotatable bonds is 2. The zero-order valence-electron chi connectivity index (χ0n) is 8.44. The van der Waals surface area contributed by atoms with Gasteiger partial charge in [0, 0.05) is 23.6 Å². The first-order valence-corrected chi connectivity index (χ1v) is 4.63. The molecule has 0 amide bonds. The van der Waals surface area contributed by atoms with Gasteiger partial charge in [0.05, 0.1) is 0 Å². The molecule has 0 bridgehead atoms. The van der Waals surface area contributed by atoms with Gasteiger partial charge in [-0.05, 0) is 31.2 Å². The van der Waals surface area contributed by atoms with Crippen molar-refractivity contribution < 1.29 is 0 Å². The second kappa shape index (κ2) is 3.57. The van der Waals surface area contributed by atoms with E-state index in [4.69, 9.17) is 11.1 Å². The smallest absolute Gasteiger partial charge is 0.122 e. The Kier molecular flexibility index (Phi) is 2.25. The number of nitrogen functional groups attached to an aromatic ring is 1. The van der Waals surface area contributed by atoms with Crippen molar-refractivity contribution in [3.63, 3.8) is 0 Å². The summed E-state index contributed by atoms with van der Waals surface area (Å²) in [5, 5.41) is 7.28. The average Bonchev–Trinajstić information content (AvgIpc) is 2.65. The molecule has 0 fully saturated rings. The Hall–Kier alpha value is -2.10. The van der Waals surface area contributed by atoms with Crippen molar-refractivity contribution in [1.82, 2.24) is 9.55 Å². The van der Waals surface area contributed by atoms with E-state index in [1.807, 2.05) is 42.0 Å². The summed E-state index contributed by atoms with van der Waals surface area (Å²) in [7, 11) is 0. The fourth-order valence-electron chi connectivity index (χ4n) is 1.45. The van der Waals surface area contributed by atoms with Crippen molar-refractivity contribution in [3.05, 3.63) is 48.0 Å². The second-order valence-electron chi connectivity index (χ2n) is 3.31. The maximum Gasteiger partial charge on any atom is 0.122 e. The van der Waals surface area contributed by atoms with Crippen LogP contribution in [0.3, 0.4) is 0 Å². The summed E-state index contributed by atoms with van der Waals surface area (Å²) >= 11 is 0. The summed E-state index contributed by atoms with van der Waals surface area (Å²) in [5.41, 5.74) is 7.13. The van der Waals surface area contributed by atoms with Gasteiger partial charge in [-0.15, -0.1) is 0 Å². The lowest BCUT2D eigenvalue weighted by molar-refractivity contribution is 0.974. The van der Waals surface area contributed by atoms with Crippen LogP contribution in [0.25, 0.3) is 5.69 Å². The van der Waals surface area contributed by atoms with Crippen LogP contribution in [-0.2, 0) is 0 Å². The van der Waals surface area contributed by atoms with Crippen LogP contribution in [0.2, 0.25) is 0 Å². The quantitative estimate of drug-likeness (QED) is 0.569. The molecule has 1 aromatic heterocycles. The highest BCUT2D eigenvalue weighted by Crippen LogP contribution is 2.11. The van der Waals surface area contributed by atoms with E-state index in [9.17, 15) is 0 Å². The summed E-state index contributed by atoms with van der Waals surface area (Å²) in [5.74, 6) is 1.02. The van der Waals surface area contributed by atoms with Gasteiger partial charge in [0.1, 0.15) is 11.7 Å². The molecular formula is C11H12N4. The number of nitrogens with two attached hydrogens (primary N) is 1. The van der Waals surface area contributed by atoms with Crippen LogP contribution in [0.4, 0.5) is 0 Å². The standard InChI is InChI=1S/C11H12N4/c1-8-14-6-7-15(8)10-4-2-9(3-5-10)11(12)13/h2-7H,1H3,(H3,12,13). The number of hydrogen-bond acceptors (Lipinski definition) is 2. The fraction of sp³-hybridized carbons (Fsp3) is 0.0909. The molecule has 0 saturated carbocycles. The van der Waals surface area contributed by atoms with Gasteiger partial charge in [0.25, 0.3) is 0 Å². The molecule has 0 aliphatic heterocycles. The Bertz CT molecular complexity index is 482. The maximum absolute atomic E-state index is 7.28. The second-order valence-corrected chi connectivity index (χ2v) is 3.31. The zero-order valence-corrected chi connectivity index (χ0v) is 8.44. The number of aryl methyl sites for hydroxylation is 1. The molecule has 4 nitrogen and oxygen atoms in total. The summed E-state index contributed by atoms with van der Waals surface area (Å²) in [6.07, 6.45) is 3.66. The van der Waals surface area contributed by atoms with Crippen molar-refractivity contribution in [3.8, 4) is 5.69 Å². The summed E-state index contributed by atoms with van der Waals surface area (Å²) in [6.45, 7) is 1.94. The molecule has 4 heteroatoms. The van der Waals surface area contributed by atoms with Crippen LogP contribution in [0.1, 0.15) is 11.4 Å². The first-order valence-electron chi connectivity index (χ1n) is 4.63. The zero-order chi connectivity index (χ0) is 10.8. The molecule has 15 heavy (non-hydrogen) atoms. The van der Waals surface area contributed by atoms with E-state index in [0.717, 1.165) is 17.1 Å². The third-order valence-corrected chi connectivity index (χ3v) is 2.28. The van der Waals surface area contributed by atoms with Gasteiger partial charge in [0.2, 0.25) is 0 Å². The number of benzene rings is 1. The van der Waals surface area contributed by atoms with Crippen LogP contribution < -0.4 is 5.73 Å². The molecule has 1 heterocycles. The summed E-state index contributed by atoms with van der Waals surface area (Å²) in [4.78, 5) is 4.15. The van der Waals surface area contributed by atoms with E-state index in [2.05, 4.69) is 4.98 Å². The molecule has 0 aliphatic rings. The van der Waals surface area contributed by atoms with E-state index in [-0.39, 0.29) is 5.84 Å². The number of nitrogens with zero attached hydrogens (tertiary/aromatic N) is 2. The molecule has 0 radical (unpaired) electrons. The highest BCUT2D eigenvalue weighted by molar-refractivity contribution is 5.95. The Morgan fingerprint density at radius 2 is 2.00 bits per heavy atom. The third kappa shape index (κ3) is 1.74. The van der Waals surface area contributed by atoms with Crippen LogP contribution >= 0.6 is 0 Å². The van der Waals surface area contributed by atoms with E-state index < -0.39 is 0 Å². The molecule has 1 aromatic carbocycles. The van der Waals surface area contributed by atoms with Crippen LogP contribution in [0.5, 0.6) is 0 Å². The van der Waals surface area contributed by atoms with Crippen molar-refractivity contribution in [1.29, 1.82) is 5.41 Å². The van der Waals surface area contributed by atoms with E-state index in [0.29, 0.717) is 0 Å². The van der Waals surface area contributed by atoms with Gasteiger partial charge in [-0.25, -0.2) is 4.98 Å². The lowest BCUT2D eigenvalue weighted by Gasteiger charge is -2.05. The Morgan fingerprint density at radius 3 is 2.47 bits per heavy atom. The normalized spacial score (nSPS) is 10.2. The lowest BCUT2D eigenvalue weighted by atomic mass is 10.2. The van der Waals surface area contributed by atoms with Crippen LogP contribution in [0, 0.1) is 12.3 Å². The minimum atomic E-state index is 0.0869. The Morgan fingerprint density at radius 1 is 1.33 bits per heavy atom. The maximum atomic E-state index is 7.28. The van der Waals surface area contributed by atoms with E-state index >= 15 is 0 Å². The highest BCUT2D eigenvalue weighted by atomic mass is 15.1. The summed E-state index contributed by atoms with van der Waals surface area (Å²) in [6, 6.07) is 7.50. The van der Waals surface area contributed by atoms with Gasteiger partial charge in [-0.3, -0.25) is 5.41 Å². The van der Waals surface area contributed by atoms with Crippen LogP contribution in [-0.4, -0.2) is 15.4 Å². The van der Waals surface area contributed by atoms with Gasteiger partial charge >= 0.3 is 0 Å². The topological polar surface area (TPSA) is 67.7 Å². The van der Waals surface area contributed by atoms with E-state index in [1.54, 1.807) is 6.20 Å². The van der Waals surface area contributed by atoms with Gasteiger partial charge < -0.3 is 10.3 Å². The Balaban J connectivity index is 2.40. The molecule has 3 N–H and O–H groups in total. The van der Waals surface area contributed by atoms with Crippen molar-refractivity contribution in [2.75, 3.05) is 0 Å². The van der Waals surface area contributed by atoms with Crippen molar-refractivity contribution in [2.24, 2.45) is 5.73 Å². The summed E-state index contributed by atoms with van der Waals surface area (Å²) < 4.78 is 1.98. The molecular weight excluding hydrogens is 188 g/mol. The van der Waals surface area contributed by atoms with Gasteiger partial charge in [0.15, 0.2) is 0 Å².